The quantitative estimate of drug-likeness (QED) is 0.737. The molecular weight excluding hydrogens is 306 g/mol. The summed E-state index contributed by atoms with van der Waals surface area (Å²) >= 11 is 0. The van der Waals surface area contributed by atoms with Gasteiger partial charge in [0.15, 0.2) is 11.5 Å². The molecule has 0 spiro atoms. The highest BCUT2D eigenvalue weighted by Crippen LogP contribution is 2.37. The SMILES string of the molecule is COc1ccc(-c2nc3cc4c(cc3n2CCC#N)OCO4)cc1. The van der Waals surface area contributed by atoms with Crippen molar-refractivity contribution in [3.63, 3.8) is 0 Å². The Labute approximate surface area is 138 Å². The van der Waals surface area contributed by atoms with Gasteiger partial charge in [-0.1, -0.05) is 0 Å². The maximum Gasteiger partial charge on any atom is 0.231 e. The van der Waals surface area contributed by atoms with Gasteiger partial charge in [-0.25, -0.2) is 4.98 Å². The summed E-state index contributed by atoms with van der Waals surface area (Å²) in [6.07, 6.45) is 0.406. The van der Waals surface area contributed by atoms with Gasteiger partial charge in [-0.2, -0.15) is 5.26 Å². The van der Waals surface area contributed by atoms with Crippen LogP contribution < -0.4 is 14.2 Å². The van der Waals surface area contributed by atoms with Gasteiger partial charge in [0.1, 0.15) is 11.6 Å². The van der Waals surface area contributed by atoms with E-state index in [1.807, 2.05) is 41.0 Å². The number of aromatic nitrogens is 2. The fourth-order valence-electron chi connectivity index (χ4n) is 2.86. The van der Waals surface area contributed by atoms with Crippen LogP contribution in [0.25, 0.3) is 22.4 Å². The Morgan fingerprint density at radius 1 is 1.21 bits per heavy atom. The lowest BCUT2D eigenvalue weighted by atomic mass is 10.2. The van der Waals surface area contributed by atoms with Crippen molar-refractivity contribution in [1.29, 1.82) is 5.26 Å². The normalized spacial score (nSPS) is 12.3. The minimum atomic E-state index is 0.228. The van der Waals surface area contributed by atoms with Crippen LogP contribution in [-0.4, -0.2) is 23.5 Å². The third kappa shape index (κ3) is 2.31. The van der Waals surface area contributed by atoms with E-state index in [1.54, 1.807) is 7.11 Å². The molecule has 4 rings (SSSR count). The number of imidazole rings is 1. The number of rotatable bonds is 4. The van der Waals surface area contributed by atoms with Crippen LogP contribution in [0.5, 0.6) is 17.2 Å². The van der Waals surface area contributed by atoms with Crippen LogP contribution in [0.3, 0.4) is 0 Å². The molecule has 2 heterocycles. The van der Waals surface area contributed by atoms with Gasteiger partial charge in [0, 0.05) is 24.2 Å². The minimum absolute atomic E-state index is 0.228. The van der Waals surface area contributed by atoms with E-state index in [4.69, 9.17) is 24.5 Å². The molecule has 1 aliphatic rings. The van der Waals surface area contributed by atoms with Gasteiger partial charge in [-0.05, 0) is 24.3 Å². The summed E-state index contributed by atoms with van der Waals surface area (Å²) < 4.78 is 18.2. The molecular formula is C18H15N3O3. The number of methoxy groups -OCH3 is 1. The first-order valence-corrected chi connectivity index (χ1v) is 7.61. The van der Waals surface area contributed by atoms with Crippen LogP contribution in [0.4, 0.5) is 0 Å². The van der Waals surface area contributed by atoms with Crippen molar-refractivity contribution in [3.8, 4) is 34.7 Å². The van der Waals surface area contributed by atoms with Gasteiger partial charge < -0.3 is 18.8 Å². The molecule has 24 heavy (non-hydrogen) atoms. The predicted molar refractivity (Wildman–Crippen MR) is 88.1 cm³/mol. The first-order chi connectivity index (χ1) is 11.8. The van der Waals surface area contributed by atoms with E-state index in [2.05, 4.69) is 6.07 Å². The van der Waals surface area contributed by atoms with E-state index in [-0.39, 0.29) is 6.79 Å². The lowest BCUT2D eigenvalue weighted by molar-refractivity contribution is 0.174. The maximum absolute atomic E-state index is 8.98. The fourth-order valence-corrected chi connectivity index (χ4v) is 2.86. The van der Waals surface area contributed by atoms with E-state index < -0.39 is 0 Å². The van der Waals surface area contributed by atoms with Gasteiger partial charge in [-0.3, -0.25) is 0 Å². The maximum atomic E-state index is 8.98. The Hall–Kier alpha value is -3.20. The van der Waals surface area contributed by atoms with Crippen molar-refractivity contribution in [2.24, 2.45) is 0 Å². The van der Waals surface area contributed by atoms with Crippen LogP contribution >= 0.6 is 0 Å². The molecule has 2 aromatic carbocycles. The summed E-state index contributed by atoms with van der Waals surface area (Å²) in [5, 5.41) is 8.98. The fraction of sp³-hybridized carbons (Fsp3) is 0.222. The van der Waals surface area contributed by atoms with Crippen molar-refractivity contribution in [3.05, 3.63) is 36.4 Å². The summed E-state index contributed by atoms with van der Waals surface area (Å²) in [6, 6.07) is 13.7. The molecule has 0 aliphatic carbocycles. The largest absolute Gasteiger partial charge is 0.497 e. The predicted octanol–water partition coefficient (Wildman–Crippen LogP) is 3.35. The third-order valence-electron chi connectivity index (χ3n) is 4.04. The lowest BCUT2D eigenvalue weighted by Gasteiger charge is -2.08. The highest BCUT2D eigenvalue weighted by Gasteiger charge is 2.19. The smallest absolute Gasteiger partial charge is 0.231 e. The number of nitrogens with zero attached hydrogens (tertiary/aromatic N) is 3. The molecule has 1 aliphatic heterocycles. The number of ether oxygens (including phenoxy) is 3. The van der Waals surface area contributed by atoms with Gasteiger partial charge in [0.05, 0.1) is 30.6 Å². The summed E-state index contributed by atoms with van der Waals surface area (Å²) in [7, 11) is 1.64. The average Bonchev–Trinajstić information content (AvgIpc) is 3.21. The topological polar surface area (TPSA) is 69.3 Å². The Morgan fingerprint density at radius 2 is 1.96 bits per heavy atom. The first-order valence-electron chi connectivity index (χ1n) is 7.61. The lowest BCUT2D eigenvalue weighted by Crippen LogP contribution is -2.00. The van der Waals surface area contributed by atoms with E-state index in [0.29, 0.717) is 24.5 Å². The van der Waals surface area contributed by atoms with E-state index in [0.717, 1.165) is 28.2 Å². The monoisotopic (exact) mass is 321 g/mol. The summed E-state index contributed by atoms with van der Waals surface area (Å²) in [5.41, 5.74) is 2.72. The molecule has 0 N–H and O–H groups in total. The highest BCUT2D eigenvalue weighted by atomic mass is 16.7. The molecule has 0 unspecified atom stereocenters. The molecule has 0 atom stereocenters. The van der Waals surface area contributed by atoms with Gasteiger partial charge in [0.2, 0.25) is 6.79 Å². The van der Waals surface area contributed by atoms with Crippen LogP contribution in [0.1, 0.15) is 6.42 Å². The number of hydrogen-bond acceptors (Lipinski definition) is 5. The van der Waals surface area contributed by atoms with Gasteiger partial charge in [0.25, 0.3) is 0 Å². The molecule has 6 heteroatoms. The molecule has 0 radical (unpaired) electrons. The van der Waals surface area contributed by atoms with Gasteiger partial charge in [-0.15, -0.1) is 0 Å². The van der Waals surface area contributed by atoms with Crippen LogP contribution in [0, 0.1) is 11.3 Å². The molecule has 1 aromatic heterocycles. The average molecular weight is 321 g/mol. The number of hydrogen-bond donors (Lipinski definition) is 0. The second-order valence-corrected chi connectivity index (χ2v) is 5.42. The van der Waals surface area contributed by atoms with Crippen LogP contribution in [0.15, 0.2) is 36.4 Å². The van der Waals surface area contributed by atoms with E-state index in [9.17, 15) is 0 Å². The van der Waals surface area contributed by atoms with Crippen molar-refractivity contribution in [1.82, 2.24) is 9.55 Å². The molecule has 0 amide bonds. The molecule has 0 bridgehead atoms. The zero-order valence-electron chi connectivity index (χ0n) is 13.2. The third-order valence-corrected chi connectivity index (χ3v) is 4.04. The number of benzene rings is 2. The second-order valence-electron chi connectivity index (χ2n) is 5.42. The van der Waals surface area contributed by atoms with Crippen molar-refractivity contribution >= 4 is 11.0 Å². The summed E-state index contributed by atoms with van der Waals surface area (Å²) in [5.74, 6) is 3.02. The number of fused-ring (bicyclic) bond motifs is 2. The van der Waals surface area contributed by atoms with Crippen molar-refractivity contribution in [2.75, 3.05) is 13.9 Å². The first kappa shape index (κ1) is 14.4. The Balaban J connectivity index is 1.88. The van der Waals surface area contributed by atoms with Crippen molar-refractivity contribution < 1.29 is 14.2 Å². The van der Waals surface area contributed by atoms with E-state index in [1.165, 1.54) is 0 Å². The van der Waals surface area contributed by atoms with Crippen molar-refractivity contribution in [2.45, 2.75) is 13.0 Å². The molecule has 3 aromatic rings. The Bertz CT molecular complexity index is 939. The highest BCUT2D eigenvalue weighted by molar-refractivity contribution is 5.84. The zero-order chi connectivity index (χ0) is 16.5. The Morgan fingerprint density at radius 3 is 2.67 bits per heavy atom. The molecule has 6 nitrogen and oxygen atoms in total. The standard InChI is InChI=1S/C18H15N3O3/c1-22-13-5-3-12(4-6-13)18-20-14-9-16-17(24-11-23-16)10-15(14)21(18)8-2-7-19/h3-6,9-10H,2,8,11H2,1H3. The Kier molecular flexibility index (Phi) is 3.47. The van der Waals surface area contributed by atoms with Gasteiger partial charge >= 0.3 is 0 Å². The van der Waals surface area contributed by atoms with E-state index >= 15 is 0 Å². The number of nitriles is 1. The molecule has 0 saturated heterocycles. The zero-order valence-corrected chi connectivity index (χ0v) is 13.2. The summed E-state index contributed by atoms with van der Waals surface area (Å²) in [6.45, 7) is 0.791. The summed E-state index contributed by atoms with van der Waals surface area (Å²) in [4.78, 5) is 4.75. The molecule has 120 valence electrons. The molecule has 0 saturated carbocycles. The number of aryl methyl sites for hydroxylation is 1. The van der Waals surface area contributed by atoms with Crippen LogP contribution in [-0.2, 0) is 6.54 Å². The second kappa shape index (κ2) is 5.78. The molecule has 0 fully saturated rings. The minimum Gasteiger partial charge on any atom is -0.497 e. The van der Waals surface area contributed by atoms with Crippen LogP contribution in [0.2, 0.25) is 0 Å².